The minimum absolute atomic E-state index is 0.602. The largest absolute Gasteiger partial charge is 0.352 e. The predicted molar refractivity (Wildman–Crippen MR) is 80.8 cm³/mol. The maximum atomic E-state index is 4.83. The summed E-state index contributed by atoms with van der Waals surface area (Å²) in [5.41, 5.74) is 1.97. The molecule has 0 aliphatic carbocycles. The molecule has 0 amide bonds. The molecule has 2 fully saturated rings. The van der Waals surface area contributed by atoms with Gasteiger partial charge in [-0.3, -0.25) is 4.98 Å². The lowest BCUT2D eigenvalue weighted by atomic mass is 9.93. The number of hydrogen-bond donors (Lipinski definition) is 1. The van der Waals surface area contributed by atoms with Crippen LogP contribution >= 0.6 is 0 Å². The minimum atomic E-state index is 0.602. The molecule has 2 aromatic rings. The van der Waals surface area contributed by atoms with Crippen molar-refractivity contribution in [1.29, 1.82) is 0 Å². The summed E-state index contributed by atoms with van der Waals surface area (Å²) in [4.78, 5) is 11.9. The summed E-state index contributed by atoms with van der Waals surface area (Å²) < 4.78 is 0. The first-order valence-corrected chi connectivity index (χ1v) is 7.56. The Labute approximate surface area is 119 Å². The molecule has 0 saturated carbocycles. The van der Waals surface area contributed by atoms with Crippen molar-refractivity contribution in [1.82, 2.24) is 15.3 Å². The molecule has 2 saturated heterocycles. The number of benzene rings is 1. The van der Waals surface area contributed by atoms with Crippen molar-refractivity contribution < 1.29 is 0 Å². The molecule has 3 atom stereocenters. The SMILES string of the molecule is CCC1C2CNCC2CN1c1cnc2ccccc2n1. The van der Waals surface area contributed by atoms with E-state index in [0.29, 0.717) is 6.04 Å². The van der Waals surface area contributed by atoms with Crippen LogP contribution in [0.15, 0.2) is 30.5 Å². The average molecular weight is 268 g/mol. The smallest absolute Gasteiger partial charge is 0.148 e. The first-order chi connectivity index (χ1) is 9.86. The van der Waals surface area contributed by atoms with Crippen LogP contribution in [0.1, 0.15) is 13.3 Å². The van der Waals surface area contributed by atoms with E-state index in [2.05, 4.69) is 22.1 Å². The van der Waals surface area contributed by atoms with Gasteiger partial charge in [-0.15, -0.1) is 0 Å². The van der Waals surface area contributed by atoms with Crippen LogP contribution < -0.4 is 10.2 Å². The quantitative estimate of drug-likeness (QED) is 0.905. The van der Waals surface area contributed by atoms with Gasteiger partial charge in [0.2, 0.25) is 0 Å². The standard InChI is InChI=1S/C16H20N4/c1-2-15-12-8-17-7-11(12)10-20(15)16-9-18-13-5-3-4-6-14(13)19-16/h3-6,9,11-12,15,17H,2,7-8,10H2,1H3. The maximum absolute atomic E-state index is 4.83. The second kappa shape index (κ2) is 4.70. The van der Waals surface area contributed by atoms with Crippen molar-refractivity contribution in [2.24, 2.45) is 11.8 Å². The van der Waals surface area contributed by atoms with Gasteiger partial charge in [0, 0.05) is 25.7 Å². The zero-order valence-corrected chi connectivity index (χ0v) is 11.8. The van der Waals surface area contributed by atoms with Crippen molar-refractivity contribution in [2.75, 3.05) is 24.5 Å². The molecule has 1 aromatic carbocycles. The molecular weight excluding hydrogens is 248 g/mol. The van der Waals surface area contributed by atoms with Crippen LogP contribution in [-0.2, 0) is 0 Å². The van der Waals surface area contributed by atoms with Gasteiger partial charge in [-0.05, 0) is 30.4 Å². The number of fused-ring (bicyclic) bond motifs is 2. The van der Waals surface area contributed by atoms with Crippen LogP contribution in [0.3, 0.4) is 0 Å². The zero-order chi connectivity index (χ0) is 13.5. The molecule has 2 aliphatic heterocycles. The van der Waals surface area contributed by atoms with Crippen LogP contribution in [-0.4, -0.2) is 35.6 Å². The van der Waals surface area contributed by atoms with Crippen molar-refractivity contribution in [2.45, 2.75) is 19.4 Å². The maximum Gasteiger partial charge on any atom is 0.148 e. The highest BCUT2D eigenvalue weighted by molar-refractivity contribution is 5.75. The van der Waals surface area contributed by atoms with Gasteiger partial charge in [-0.25, -0.2) is 4.98 Å². The summed E-state index contributed by atoms with van der Waals surface area (Å²) in [7, 11) is 0. The second-order valence-corrected chi connectivity index (χ2v) is 5.93. The lowest BCUT2D eigenvalue weighted by Gasteiger charge is -2.27. The fourth-order valence-electron chi connectivity index (χ4n) is 3.90. The molecule has 3 heterocycles. The minimum Gasteiger partial charge on any atom is -0.352 e. The van der Waals surface area contributed by atoms with Crippen LogP contribution in [0.4, 0.5) is 5.82 Å². The Morgan fingerprint density at radius 1 is 1.25 bits per heavy atom. The van der Waals surface area contributed by atoms with Crippen LogP contribution in [0.5, 0.6) is 0 Å². The van der Waals surface area contributed by atoms with Gasteiger partial charge in [0.1, 0.15) is 5.82 Å². The molecule has 104 valence electrons. The zero-order valence-electron chi connectivity index (χ0n) is 11.8. The lowest BCUT2D eigenvalue weighted by Crippen LogP contribution is -2.35. The number of aromatic nitrogens is 2. The van der Waals surface area contributed by atoms with E-state index in [1.807, 2.05) is 30.5 Å². The third-order valence-corrected chi connectivity index (χ3v) is 4.87. The summed E-state index contributed by atoms with van der Waals surface area (Å²) in [6.45, 7) is 5.70. The molecule has 0 spiro atoms. The molecule has 4 nitrogen and oxygen atoms in total. The summed E-state index contributed by atoms with van der Waals surface area (Å²) in [6, 6.07) is 8.71. The monoisotopic (exact) mass is 268 g/mol. The highest BCUT2D eigenvalue weighted by Gasteiger charge is 2.43. The number of anilines is 1. The van der Waals surface area contributed by atoms with Crippen LogP contribution in [0.2, 0.25) is 0 Å². The second-order valence-electron chi connectivity index (χ2n) is 5.93. The first kappa shape index (κ1) is 12.1. The van der Waals surface area contributed by atoms with Gasteiger partial charge in [0.05, 0.1) is 17.2 Å². The van der Waals surface area contributed by atoms with Gasteiger partial charge in [-0.2, -0.15) is 0 Å². The summed E-state index contributed by atoms with van der Waals surface area (Å²) in [5.74, 6) is 2.59. The number of nitrogens with zero attached hydrogens (tertiary/aromatic N) is 3. The van der Waals surface area contributed by atoms with Gasteiger partial charge < -0.3 is 10.2 Å². The molecule has 2 aliphatic rings. The van der Waals surface area contributed by atoms with Gasteiger partial charge >= 0.3 is 0 Å². The highest BCUT2D eigenvalue weighted by Crippen LogP contribution is 2.36. The topological polar surface area (TPSA) is 41.0 Å². The Balaban J connectivity index is 1.71. The fraction of sp³-hybridized carbons (Fsp3) is 0.500. The van der Waals surface area contributed by atoms with Gasteiger partial charge in [0.25, 0.3) is 0 Å². The molecular formula is C16H20N4. The van der Waals surface area contributed by atoms with E-state index in [-0.39, 0.29) is 0 Å². The van der Waals surface area contributed by atoms with Crippen LogP contribution in [0, 0.1) is 11.8 Å². The summed E-state index contributed by atoms with van der Waals surface area (Å²) in [6.07, 6.45) is 3.12. The third-order valence-electron chi connectivity index (χ3n) is 4.87. The lowest BCUT2D eigenvalue weighted by molar-refractivity contribution is 0.441. The summed E-state index contributed by atoms with van der Waals surface area (Å²) >= 11 is 0. The summed E-state index contributed by atoms with van der Waals surface area (Å²) in [5, 5.41) is 3.53. The van der Waals surface area contributed by atoms with E-state index in [1.54, 1.807) is 0 Å². The van der Waals surface area contributed by atoms with Crippen molar-refractivity contribution in [3.63, 3.8) is 0 Å². The Morgan fingerprint density at radius 3 is 2.95 bits per heavy atom. The molecule has 20 heavy (non-hydrogen) atoms. The van der Waals surface area contributed by atoms with Gasteiger partial charge in [-0.1, -0.05) is 19.1 Å². The Kier molecular flexibility index (Phi) is 2.84. The number of hydrogen-bond acceptors (Lipinski definition) is 4. The molecule has 1 N–H and O–H groups in total. The first-order valence-electron chi connectivity index (χ1n) is 7.56. The average Bonchev–Trinajstić information content (AvgIpc) is 3.07. The normalized spacial score (nSPS) is 29.1. The number of nitrogens with one attached hydrogen (secondary N) is 1. The molecule has 0 bridgehead atoms. The Hall–Kier alpha value is -1.68. The molecule has 0 radical (unpaired) electrons. The molecule has 4 rings (SSSR count). The van der Waals surface area contributed by atoms with Crippen molar-refractivity contribution in [3.05, 3.63) is 30.5 Å². The fourth-order valence-corrected chi connectivity index (χ4v) is 3.90. The van der Waals surface area contributed by atoms with E-state index in [9.17, 15) is 0 Å². The van der Waals surface area contributed by atoms with Gasteiger partial charge in [0.15, 0.2) is 0 Å². The predicted octanol–water partition coefficient (Wildman–Crippen LogP) is 2.06. The Bertz CT molecular complexity index is 627. The number of para-hydroxylation sites is 2. The molecule has 3 unspecified atom stereocenters. The molecule has 1 aromatic heterocycles. The van der Waals surface area contributed by atoms with E-state index in [1.165, 1.54) is 6.42 Å². The highest BCUT2D eigenvalue weighted by atomic mass is 15.3. The third kappa shape index (κ3) is 1.79. The number of rotatable bonds is 2. The molecule has 4 heteroatoms. The Morgan fingerprint density at radius 2 is 2.10 bits per heavy atom. The van der Waals surface area contributed by atoms with E-state index >= 15 is 0 Å². The van der Waals surface area contributed by atoms with Crippen LogP contribution in [0.25, 0.3) is 11.0 Å². The van der Waals surface area contributed by atoms with Crippen molar-refractivity contribution in [3.8, 4) is 0 Å². The van der Waals surface area contributed by atoms with Crippen molar-refractivity contribution >= 4 is 16.9 Å². The van der Waals surface area contributed by atoms with E-state index in [0.717, 1.165) is 48.3 Å². The van der Waals surface area contributed by atoms with E-state index < -0.39 is 0 Å². The van der Waals surface area contributed by atoms with E-state index in [4.69, 9.17) is 4.98 Å².